The maximum absolute atomic E-state index is 9.84. The van der Waals surface area contributed by atoms with Gasteiger partial charge in [0.1, 0.15) is 0 Å². The van der Waals surface area contributed by atoms with Crippen LogP contribution in [0.4, 0.5) is 5.69 Å². The lowest BCUT2D eigenvalue weighted by Crippen LogP contribution is -2.39. The highest BCUT2D eigenvalue weighted by atomic mass is 35.5. The standard InChI is InChI=1S/C16H19ClN2O/c1-11(20)12-3-2-8-19(10-12)16-6-7-18-15-9-13(17)4-5-14(15)16/h4-7,9,11-12,20H,2-3,8,10H2,1H3. The first-order valence-electron chi connectivity index (χ1n) is 7.12. The van der Waals surface area contributed by atoms with Crippen LogP contribution in [0.2, 0.25) is 5.02 Å². The molecule has 3 rings (SSSR count). The lowest BCUT2D eigenvalue weighted by atomic mass is 9.93. The number of fused-ring (bicyclic) bond motifs is 1. The largest absolute Gasteiger partial charge is 0.393 e. The van der Waals surface area contributed by atoms with Crippen molar-refractivity contribution in [1.82, 2.24) is 4.98 Å². The van der Waals surface area contributed by atoms with Crippen molar-refractivity contribution in [2.45, 2.75) is 25.9 Å². The maximum atomic E-state index is 9.84. The van der Waals surface area contributed by atoms with E-state index in [1.165, 1.54) is 5.69 Å². The average Bonchev–Trinajstić information content (AvgIpc) is 2.46. The molecule has 1 fully saturated rings. The normalized spacial score (nSPS) is 21.1. The summed E-state index contributed by atoms with van der Waals surface area (Å²) >= 11 is 6.03. The molecular formula is C16H19ClN2O. The second kappa shape index (κ2) is 5.58. The molecule has 20 heavy (non-hydrogen) atoms. The number of halogens is 1. The summed E-state index contributed by atoms with van der Waals surface area (Å²) < 4.78 is 0. The number of piperidine rings is 1. The number of benzene rings is 1. The van der Waals surface area contributed by atoms with E-state index in [4.69, 9.17) is 11.6 Å². The Morgan fingerprint density at radius 1 is 1.40 bits per heavy atom. The second-order valence-corrected chi connectivity index (χ2v) is 6.02. The van der Waals surface area contributed by atoms with Gasteiger partial charge in [-0.1, -0.05) is 11.6 Å². The summed E-state index contributed by atoms with van der Waals surface area (Å²) in [6.45, 7) is 3.82. The Bertz CT molecular complexity index is 614. The Hall–Kier alpha value is -1.32. The molecule has 1 N–H and O–H groups in total. The fraction of sp³-hybridized carbons (Fsp3) is 0.438. The Morgan fingerprint density at radius 3 is 3.05 bits per heavy atom. The van der Waals surface area contributed by atoms with Crippen LogP contribution in [0.15, 0.2) is 30.5 Å². The van der Waals surface area contributed by atoms with Crippen LogP contribution in [-0.2, 0) is 0 Å². The Balaban J connectivity index is 1.97. The van der Waals surface area contributed by atoms with Crippen LogP contribution in [0.1, 0.15) is 19.8 Å². The molecule has 1 aliphatic heterocycles. The number of rotatable bonds is 2. The van der Waals surface area contributed by atoms with E-state index in [0.29, 0.717) is 10.9 Å². The molecule has 1 aromatic heterocycles. The summed E-state index contributed by atoms with van der Waals surface area (Å²) in [5.41, 5.74) is 2.12. The first kappa shape index (κ1) is 13.7. The summed E-state index contributed by atoms with van der Waals surface area (Å²) in [5, 5.41) is 11.7. The van der Waals surface area contributed by atoms with Gasteiger partial charge >= 0.3 is 0 Å². The molecule has 4 heteroatoms. The zero-order valence-electron chi connectivity index (χ0n) is 11.6. The number of hydrogen-bond acceptors (Lipinski definition) is 3. The summed E-state index contributed by atoms with van der Waals surface area (Å²) in [7, 11) is 0. The van der Waals surface area contributed by atoms with Gasteiger partial charge in [0, 0.05) is 41.3 Å². The molecule has 2 aromatic rings. The summed E-state index contributed by atoms with van der Waals surface area (Å²) in [6.07, 6.45) is 3.80. The number of anilines is 1. The molecule has 0 saturated carbocycles. The Morgan fingerprint density at radius 2 is 2.25 bits per heavy atom. The van der Waals surface area contributed by atoms with Gasteiger partial charge in [0.25, 0.3) is 0 Å². The van der Waals surface area contributed by atoms with Gasteiger partial charge < -0.3 is 10.0 Å². The molecule has 0 radical (unpaired) electrons. The molecule has 1 saturated heterocycles. The molecule has 1 aromatic carbocycles. The van der Waals surface area contributed by atoms with E-state index in [0.717, 1.165) is 36.8 Å². The number of aliphatic hydroxyl groups excluding tert-OH is 1. The molecule has 2 heterocycles. The van der Waals surface area contributed by atoms with E-state index in [9.17, 15) is 5.11 Å². The van der Waals surface area contributed by atoms with E-state index in [1.54, 1.807) is 0 Å². The quantitative estimate of drug-likeness (QED) is 0.920. The van der Waals surface area contributed by atoms with E-state index in [-0.39, 0.29) is 6.10 Å². The topological polar surface area (TPSA) is 36.4 Å². The van der Waals surface area contributed by atoms with Crippen LogP contribution >= 0.6 is 11.6 Å². The van der Waals surface area contributed by atoms with Crippen molar-refractivity contribution in [3.05, 3.63) is 35.5 Å². The van der Waals surface area contributed by atoms with Crippen molar-refractivity contribution in [2.75, 3.05) is 18.0 Å². The summed E-state index contributed by atoms with van der Waals surface area (Å²) in [6, 6.07) is 7.90. The maximum Gasteiger partial charge on any atom is 0.0737 e. The zero-order valence-corrected chi connectivity index (χ0v) is 12.3. The lowest BCUT2D eigenvalue weighted by Gasteiger charge is -2.36. The van der Waals surface area contributed by atoms with Gasteiger partial charge in [-0.3, -0.25) is 4.98 Å². The Labute approximate surface area is 124 Å². The van der Waals surface area contributed by atoms with Crippen molar-refractivity contribution in [3.63, 3.8) is 0 Å². The third-order valence-electron chi connectivity index (χ3n) is 4.16. The van der Waals surface area contributed by atoms with E-state index in [1.807, 2.05) is 31.3 Å². The van der Waals surface area contributed by atoms with E-state index >= 15 is 0 Å². The SMILES string of the molecule is CC(O)C1CCCN(c2ccnc3cc(Cl)ccc23)C1. The molecule has 2 atom stereocenters. The summed E-state index contributed by atoms with van der Waals surface area (Å²) in [5.74, 6) is 0.347. The molecule has 1 aliphatic rings. The van der Waals surface area contributed by atoms with Gasteiger partial charge in [0.15, 0.2) is 0 Å². The Kier molecular flexibility index (Phi) is 3.81. The molecule has 0 bridgehead atoms. The van der Waals surface area contributed by atoms with Crippen molar-refractivity contribution in [1.29, 1.82) is 0 Å². The molecule has 0 spiro atoms. The number of nitrogens with zero attached hydrogens (tertiary/aromatic N) is 2. The van der Waals surface area contributed by atoms with Crippen molar-refractivity contribution < 1.29 is 5.11 Å². The minimum atomic E-state index is -0.250. The van der Waals surface area contributed by atoms with Crippen LogP contribution in [-0.4, -0.2) is 29.3 Å². The van der Waals surface area contributed by atoms with Crippen LogP contribution < -0.4 is 4.90 Å². The zero-order chi connectivity index (χ0) is 14.1. The van der Waals surface area contributed by atoms with Crippen molar-refractivity contribution >= 4 is 28.2 Å². The minimum Gasteiger partial charge on any atom is -0.393 e. The average molecular weight is 291 g/mol. The molecule has 2 unspecified atom stereocenters. The molecule has 0 aliphatic carbocycles. The monoisotopic (exact) mass is 290 g/mol. The van der Waals surface area contributed by atoms with Gasteiger partial charge in [0.2, 0.25) is 0 Å². The fourth-order valence-corrected chi connectivity index (χ4v) is 3.17. The van der Waals surface area contributed by atoms with Crippen LogP contribution in [0.5, 0.6) is 0 Å². The van der Waals surface area contributed by atoms with Gasteiger partial charge in [-0.05, 0) is 44.0 Å². The molecule has 3 nitrogen and oxygen atoms in total. The molecule has 0 amide bonds. The van der Waals surface area contributed by atoms with Gasteiger partial charge in [-0.2, -0.15) is 0 Å². The number of pyridine rings is 1. The number of aromatic nitrogens is 1. The highest BCUT2D eigenvalue weighted by molar-refractivity contribution is 6.31. The predicted molar refractivity (Wildman–Crippen MR) is 83.4 cm³/mol. The third-order valence-corrected chi connectivity index (χ3v) is 4.40. The molecular weight excluding hydrogens is 272 g/mol. The van der Waals surface area contributed by atoms with E-state index in [2.05, 4.69) is 16.0 Å². The fourth-order valence-electron chi connectivity index (χ4n) is 3.00. The van der Waals surface area contributed by atoms with Crippen molar-refractivity contribution in [2.24, 2.45) is 5.92 Å². The first-order chi connectivity index (χ1) is 9.65. The first-order valence-corrected chi connectivity index (χ1v) is 7.50. The minimum absolute atomic E-state index is 0.250. The third kappa shape index (κ3) is 2.60. The van der Waals surface area contributed by atoms with E-state index < -0.39 is 0 Å². The lowest BCUT2D eigenvalue weighted by molar-refractivity contribution is 0.115. The summed E-state index contributed by atoms with van der Waals surface area (Å²) in [4.78, 5) is 6.75. The van der Waals surface area contributed by atoms with Gasteiger partial charge in [-0.25, -0.2) is 0 Å². The van der Waals surface area contributed by atoms with Crippen LogP contribution in [0, 0.1) is 5.92 Å². The van der Waals surface area contributed by atoms with Crippen molar-refractivity contribution in [3.8, 4) is 0 Å². The number of aliphatic hydroxyl groups is 1. The van der Waals surface area contributed by atoms with Crippen LogP contribution in [0.3, 0.4) is 0 Å². The number of hydrogen-bond donors (Lipinski definition) is 1. The van der Waals surface area contributed by atoms with Gasteiger partial charge in [-0.15, -0.1) is 0 Å². The molecule has 106 valence electrons. The van der Waals surface area contributed by atoms with Crippen LogP contribution in [0.25, 0.3) is 10.9 Å². The van der Waals surface area contributed by atoms with Gasteiger partial charge in [0.05, 0.1) is 11.6 Å². The highest BCUT2D eigenvalue weighted by Gasteiger charge is 2.24. The highest BCUT2D eigenvalue weighted by Crippen LogP contribution is 2.31. The predicted octanol–water partition coefficient (Wildman–Crippen LogP) is 3.49. The second-order valence-electron chi connectivity index (χ2n) is 5.58. The smallest absolute Gasteiger partial charge is 0.0737 e.